The van der Waals surface area contributed by atoms with Crippen molar-refractivity contribution in [2.24, 2.45) is 17.6 Å². The fourth-order valence-corrected chi connectivity index (χ4v) is 3.15. The van der Waals surface area contributed by atoms with Crippen molar-refractivity contribution < 1.29 is 58.8 Å². The van der Waals surface area contributed by atoms with Gasteiger partial charge in [0.15, 0.2) is 0 Å². The first-order valence-electron chi connectivity index (χ1n) is 11.7. The number of carboxylic acid groups (broad SMARTS) is 4. The van der Waals surface area contributed by atoms with Crippen LogP contribution in [-0.2, 0) is 38.4 Å². The Hall–Kier alpha value is -4.28. The van der Waals surface area contributed by atoms with Crippen LogP contribution >= 0.6 is 0 Å². The lowest BCUT2D eigenvalue weighted by molar-refractivity contribution is -0.145. The third-order valence-electron chi connectivity index (χ3n) is 5.23. The highest BCUT2D eigenvalue weighted by Crippen LogP contribution is 2.08. The Morgan fingerprint density at radius 2 is 0.897 bits per heavy atom. The normalized spacial score (nSPS) is 14.7. The number of rotatable bonds is 17. The Morgan fingerprint density at radius 3 is 1.26 bits per heavy atom. The van der Waals surface area contributed by atoms with Crippen LogP contribution in [0.15, 0.2) is 0 Å². The van der Waals surface area contributed by atoms with Crippen molar-refractivity contribution in [2.45, 2.75) is 77.2 Å². The molecule has 39 heavy (non-hydrogen) atoms. The van der Waals surface area contributed by atoms with Crippen LogP contribution < -0.4 is 27.0 Å². The zero-order valence-electron chi connectivity index (χ0n) is 21.8. The number of carbonyl (C=O) groups excluding carboxylic acids is 4. The molecule has 0 heterocycles. The van der Waals surface area contributed by atoms with Gasteiger partial charge in [0.05, 0.1) is 25.3 Å². The summed E-state index contributed by atoms with van der Waals surface area (Å²) in [6, 6.07) is -8.01. The predicted molar refractivity (Wildman–Crippen MR) is 130 cm³/mol. The number of carbonyl (C=O) groups is 8. The molecule has 17 heteroatoms. The summed E-state index contributed by atoms with van der Waals surface area (Å²) in [5.41, 5.74) is 5.41. The van der Waals surface area contributed by atoms with E-state index in [0.29, 0.717) is 0 Å². The molecule has 0 saturated heterocycles. The maximum absolute atomic E-state index is 12.9. The summed E-state index contributed by atoms with van der Waals surface area (Å²) >= 11 is 0. The van der Waals surface area contributed by atoms with Gasteiger partial charge in [0.2, 0.25) is 23.6 Å². The number of hydrogen-bond acceptors (Lipinski definition) is 9. The highest BCUT2D eigenvalue weighted by Gasteiger charge is 2.35. The van der Waals surface area contributed by atoms with Crippen LogP contribution in [0.5, 0.6) is 0 Å². The van der Waals surface area contributed by atoms with Gasteiger partial charge in [0.25, 0.3) is 0 Å². The van der Waals surface area contributed by atoms with E-state index in [1.165, 1.54) is 13.8 Å². The van der Waals surface area contributed by atoms with E-state index in [-0.39, 0.29) is 0 Å². The maximum Gasteiger partial charge on any atom is 0.326 e. The number of aliphatic carboxylic acids is 4. The van der Waals surface area contributed by atoms with Gasteiger partial charge in [-0.2, -0.15) is 0 Å². The summed E-state index contributed by atoms with van der Waals surface area (Å²) in [7, 11) is 0. The standard InChI is InChI=1S/C22H35N5O12/c1-8(2)16(21(37)27-17(9(3)4)22(38)39)26-20(36)12(7-15(32)33)25-19(35)11(6-14(30)31)24-18(34)10(23)5-13(28)29/h8-12,16-17H,5-7,23H2,1-4H3,(H,24,34)(H,25,35)(H,26,36)(H,27,37)(H,28,29)(H,30,31)(H,32,33)(H,38,39)/t10-,11-,12-,16-,17-/m0/s1. The van der Waals surface area contributed by atoms with Crippen molar-refractivity contribution in [1.29, 1.82) is 0 Å². The Labute approximate surface area is 222 Å². The van der Waals surface area contributed by atoms with Crippen LogP contribution in [-0.4, -0.2) is 98.1 Å². The highest BCUT2D eigenvalue weighted by molar-refractivity contribution is 5.98. The van der Waals surface area contributed by atoms with Crippen LogP contribution in [0.3, 0.4) is 0 Å². The molecule has 0 aliphatic carbocycles. The molecular weight excluding hydrogens is 526 g/mol. The monoisotopic (exact) mass is 561 g/mol. The maximum atomic E-state index is 12.9. The first kappa shape index (κ1) is 34.7. The minimum absolute atomic E-state index is 0.515. The van der Waals surface area contributed by atoms with E-state index in [4.69, 9.17) is 15.9 Å². The Morgan fingerprint density at radius 1 is 0.538 bits per heavy atom. The van der Waals surface area contributed by atoms with Crippen molar-refractivity contribution in [3.63, 3.8) is 0 Å². The van der Waals surface area contributed by atoms with E-state index in [9.17, 15) is 48.6 Å². The molecule has 0 unspecified atom stereocenters. The molecule has 0 radical (unpaired) electrons. The number of nitrogens with one attached hydrogen (secondary N) is 4. The Bertz CT molecular complexity index is 967. The largest absolute Gasteiger partial charge is 0.481 e. The number of hydrogen-bond donors (Lipinski definition) is 9. The van der Waals surface area contributed by atoms with Crippen LogP contribution in [0.1, 0.15) is 47.0 Å². The van der Waals surface area contributed by atoms with Crippen LogP contribution in [0, 0.1) is 11.8 Å². The van der Waals surface area contributed by atoms with Crippen LogP contribution in [0.25, 0.3) is 0 Å². The van der Waals surface area contributed by atoms with Gasteiger partial charge in [-0.1, -0.05) is 27.7 Å². The first-order valence-corrected chi connectivity index (χ1v) is 11.7. The minimum atomic E-state index is -1.87. The zero-order valence-corrected chi connectivity index (χ0v) is 21.8. The van der Waals surface area contributed by atoms with Crippen molar-refractivity contribution in [1.82, 2.24) is 21.3 Å². The second kappa shape index (κ2) is 15.9. The van der Waals surface area contributed by atoms with Crippen molar-refractivity contribution >= 4 is 47.5 Å². The first-order chi connectivity index (χ1) is 17.9. The molecule has 0 aromatic rings. The molecule has 5 atom stereocenters. The van der Waals surface area contributed by atoms with Gasteiger partial charge in [0.1, 0.15) is 24.2 Å². The lowest BCUT2D eigenvalue weighted by Crippen LogP contribution is -2.60. The van der Waals surface area contributed by atoms with E-state index < -0.39 is 109 Å². The third kappa shape index (κ3) is 12.7. The average Bonchev–Trinajstić information content (AvgIpc) is 2.77. The van der Waals surface area contributed by atoms with Crippen molar-refractivity contribution in [3.05, 3.63) is 0 Å². The molecule has 0 aromatic heterocycles. The summed E-state index contributed by atoms with van der Waals surface area (Å²) in [6.45, 7) is 6.11. The van der Waals surface area contributed by atoms with Gasteiger partial charge < -0.3 is 47.4 Å². The van der Waals surface area contributed by atoms with Gasteiger partial charge >= 0.3 is 23.9 Å². The van der Waals surface area contributed by atoms with Crippen LogP contribution in [0.4, 0.5) is 0 Å². The van der Waals surface area contributed by atoms with E-state index in [2.05, 4.69) is 10.6 Å². The van der Waals surface area contributed by atoms with Crippen LogP contribution in [0.2, 0.25) is 0 Å². The number of nitrogens with two attached hydrogens (primary N) is 1. The lowest BCUT2D eigenvalue weighted by atomic mass is 9.99. The SMILES string of the molecule is CC(C)[C@H](NC(=O)[C@@H](NC(=O)[C@H](CC(=O)O)NC(=O)[C@H](CC(=O)O)NC(=O)[C@@H](N)CC(=O)O)C(C)C)C(=O)O. The van der Waals surface area contributed by atoms with Gasteiger partial charge in [0, 0.05) is 0 Å². The summed E-state index contributed by atoms with van der Waals surface area (Å²) < 4.78 is 0. The minimum Gasteiger partial charge on any atom is -0.481 e. The highest BCUT2D eigenvalue weighted by atomic mass is 16.4. The molecule has 220 valence electrons. The fourth-order valence-electron chi connectivity index (χ4n) is 3.15. The third-order valence-corrected chi connectivity index (χ3v) is 5.23. The molecule has 4 amide bonds. The van der Waals surface area contributed by atoms with Gasteiger partial charge in [-0.05, 0) is 11.8 Å². The van der Waals surface area contributed by atoms with Gasteiger partial charge in [-0.15, -0.1) is 0 Å². The average molecular weight is 562 g/mol. The second-order valence-corrected chi connectivity index (χ2v) is 9.32. The Balaban J connectivity index is 5.83. The number of amides is 4. The van der Waals surface area contributed by atoms with E-state index >= 15 is 0 Å². The lowest BCUT2D eigenvalue weighted by Gasteiger charge is -2.27. The molecule has 17 nitrogen and oxygen atoms in total. The molecule has 0 aliphatic heterocycles. The smallest absolute Gasteiger partial charge is 0.326 e. The van der Waals surface area contributed by atoms with E-state index in [0.717, 1.165) is 0 Å². The molecule has 0 aliphatic rings. The molecular formula is C22H35N5O12. The zero-order chi connectivity index (χ0) is 30.6. The molecule has 0 bridgehead atoms. The summed E-state index contributed by atoms with van der Waals surface area (Å²) in [4.78, 5) is 95.2. The second-order valence-electron chi connectivity index (χ2n) is 9.32. The van der Waals surface area contributed by atoms with E-state index in [1.807, 2.05) is 10.6 Å². The van der Waals surface area contributed by atoms with Crippen molar-refractivity contribution in [2.75, 3.05) is 0 Å². The summed E-state index contributed by atoms with van der Waals surface area (Å²) in [5.74, 6) is -11.6. The Kier molecular flexibility index (Phi) is 14.1. The van der Waals surface area contributed by atoms with Crippen molar-refractivity contribution in [3.8, 4) is 0 Å². The molecule has 0 saturated carbocycles. The summed E-state index contributed by atoms with van der Waals surface area (Å²) in [5, 5.41) is 44.9. The quantitative estimate of drug-likeness (QED) is 0.0860. The number of carboxylic acids is 4. The predicted octanol–water partition coefficient (Wildman–Crippen LogP) is -2.93. The molecule has 0 rings (SSSR count). The topological polar surface area (TPSA) is 292 Å². The summed E-state index contributed by atoms with van der Waals surface area (Å²) in [6.07, 6.45) is -2.88. The molecule has 0 spiro atoms. The fraction of sp³-hybridized carbons (Fsp3) is 0.636. The molecule has 0 fully saturated rings. The van der Waals surface area contributed by atoms with Gasteiger partial charge in [-0.25, -0.2) is 4.79 Å². The molecule has 0 aromatic carbocycles. The van der Waals surface area contributed by atoms with Gasteiger partial charge in [-0.3, -0.25) is 33.6 Å². The molecule has 10 N–H and O–H groups in total. The van der Waals surface area contributed by atoms with E-state index in [1.54, 1.807) is 13.8 Å².